The van der Waals surface area contributed by atoms with E-state index in [1.54, 1.807) is 68.4 Å². The minimum atomic E-state index is -4.24. The van der Waals surface area contributed by atoms with Crippen LogP contribution in [0.2, 0.25) is 10.0 Å². The summed E-state index contributed by atoms with van der Waals surface area (Å²) in [7, 11) is -4.24. The number of nitrogens with one attached hydrogen (secondary N) is 1. The molecule has 0 fully saturated rings. The van der Waals surface area contributed by atoms with Crippen molar-refractivity contribution in [1.82, 2.24) is 10.2 Å². The maximum Gasteiger partial charge on any atom is 0.264 e. The van der Waals surface area contributed by atoms with Gasteiger partial charge in [0.15, 0.2) is 0 Å². The molecule has 0 radical (unpaired) electrons. The average Bonchev–Trinajstić information content (AvgIpc) is 2.96. The van der Waals surface area contributed by atoms with Gasteiger partial charge in [0.05, 0.1) is 17.2 Å². The third-order valence-electron chi connectivity index (χ3n) is 6.65. The molecular formula is C31H37Cl2N3O5S. The first kappa shape index (κ1) is 33.2. The zero-order valence-electron chi connectivity index (χ0n) is 24.3. The van der Waals surface area contributed by atoms with Crippen LogP contribution in [-0.4, -0.2) is 50.9 Å². The molecule has 42 heavy (non-hydrogen) atoms. The van der Waals surface area contributed by atoms with E-state index in [0.29, 0.717) is 34.3 Å². The second-order valence-corrected chi connectivity index (χ2v) is 12.3. The van der Waals surface area contributed by atoms with Crippen LogP contribution in [0.15, 0.2) is 71.6 Å². The van der Waals surface area contributed by atoms with Gasteiger partial charge in [-0.1, -0.05) is 72.9 Å². The molecule has 1 atom stereocenters. The number of hydrogen-bond acceptors (Lipinski definition) is 5. The fourth-order valence-corrected chi connectivity index (χ4v) is 6.37. The Morgan fingerprint density at radius 2 is 1.57 bits per heavy atom. The van der Waals surface area contributed by atoms with Crippen LogP contribution < -0.4 is 14.4 Å². The minimum Gasteiger partial charge on any atom is -0.492 e. The topological polar surface area (TPSA) is 96.0 Å². The summed E-state index contributed by atoms with van der Waals surface area (Å²) in [5.74, 6) is -0.651. The van der Waals surface area contributed by atoms with Crippen LogP contribution in [0.3, 0.4) is 0 Å². The van der Waals surface area contributed by atoms with E-state index in [1.807, 2.05) is 13.8 Å². The van der Waals surface area contributed by atoms with Gasteiger partial charge in [-0.2, -0.15) is 0 Å². The summed E-state index contributed by atoms with van der Waals surface area (Å²) >= 11 is 12.9. The Bertz CT molecular complexity index is 1460. The van der Waals surface area contributed by atoms with E-state index < -0.39 is 28.5 Å². The molecule has 3 rings (SSSR count). The van der Waals surface area contributed by atoms with E-state index in [2.05, 4.69) is 5.32 Å². The van der Waals surface area contributed by atoms with Crippen molar-refractivity contribution >= 4 is 50.7 Å². The Morgan fingerprint density at radius 1 is 0.929 bits per heavy atom. The third-order valence-corrected chi connectivity index (χ3v) is 9.13. The molecule has 3 aromatic rings. The zero-order chi connectivity index (χ0) is 30.9. The van der Waals surface area contributed by atoms with E-state index in [-0.39, 0.29) is 36.1 Å². The Kier molecular flexibility index (Phi) is 12.1. The number of nitrogens with zero attached hydrogens (tertiary/aromatic N) is 2. The number of rotatable bonds is 14. The van der Waals surface area contributed by atoms with Crippen molar-refractivity contribution in [3.05, 3.63) is 87.9 Å². The van der Waals surface area contributed by atoms with Crippen molar-refractivity contribution in [2.75, 3.05) is 24.0 Å². The number of halogens is 2. The van der Waals surface area contributed by atoms with Gasteiger partial charge in [0.2, 0.25) is 11.8 Å². The Labute approximate surface area is 258 Å². The molecule has 0 spiro atoms. The number of aryl methyl sites for hydroxylation is 1. The van der Waals surface area contributed by atoms with E-state index in [0.717, 1.165) is 9.87 Å². The second kappa shape index (κ2) is 15.3. The largest absolute Gasteiger partial charge is 0.492 e. The molecule has 0 saturated heterocycles. The van der Waals surface area contributed by atoms with Crippen molar-refractivity contribution in [3.63, 3.8) is 0 Å². The molecular weight excluding hydrogens is 597 g/mol. The summed E-state index contributed by atoms with van der Waals surface area (Å²) in [4.78, 5) is 28.9. The monoisotopic (exact) mass is 633 g/mol. The van der Waals surface area contributed by atoms with Gasteiger partial charge >= 0.3 is 0 Å². The van der Waals surface area contributed by atoms with Crippen LogP contribution in [0.4, 0.5) is 5.69 Å². The second-order valence-electron chi connectivity index (χ2n) is 9.66. The number of anilines is 1. The van der Waals surface area contributed by atoms with Gasteiger partial charge < -0.3 is 15.0 Å². The number of carbonyl (C=O) groups is 2. The summed E-state index contributed by atoms with van der Waals surface area (Å²) in [5.41, 5.74) is 1.55. The van der Waals surface area contributed by atoms with Crippen molar-refractivity contribution in [3.8, 4) is 5.75 Å². The van der Waals surface area contributed by atoms with E-state index in [9.17, 15) is 18.0 Å². The van der Waals surface area contributed by atoms with Crippen LogP contribution in [0, 0.1) is 6.92 Å². The Morgan fingerprint density at radius 3 is 2.17 bits per heavy atom. The van der Waals surface area contributed by atoms with Crippen LogP contribution in [-0.2, 0) is 26.2 Å². The number of sulfonamides is 1. The molecule has 0 aliphatic heterocycles. The normalized spacial score (nSPS) is 12.0. The van der Waals surface area contributed by atoms with Gasteiger partial charge in [0.25, 0.3) is 10.0 Å². The maximum absolute atomic E-state index is 14.2. The molecule has 1 unspecified atom stereocenters. The van der Waals surface area contributed by atoms with Crippen LogP contribution >= 0.6 is 23.2 Å². The summed E-state index contributed by atoms with van der Waals surface area (Å²) in [6.07, 6.45) is 0.993. The maximum atomic E-state index is 14.2. The Balaban J connectivity index is 2.14. The molecule has 0 heterocycles. The lowest BCUT2D eigenvalue weighted by atomic mass is 10.1. The number of para-hydroxylation sites is 2. The lowest BCUT2D eigenvalue weighted by molar-refractivity contribution is -0.140. The smallest absolute Gasteiger partial charge is 0.264 e. The van der Waals surface area contributed by atoms with Gasteiger partial charge in [-0.05, 0) is 63.1 Å². The van der Waals surface area contributed by atoms with E-state index >= 15 is 0 Å². The van der Waals surface area contributed by atoms with Crippen LogP contribution in [0.25, 0.3) is 0 Å². The van der Waals surface area contributed by atoms with E-state index in [4.69, 9.17) is 27.9 Å². The molecule has 0 aliphatic carbocycles. The minimum absolute atomic E-state index is 0.0145. The Hall–Kier alpha value is -3.27. The molecule has 226 valence electrons. The van der Waals surface area contributed by atoms with Gasteiger partial charge in [0, 0.05) is 28.7 Å². The SMILES string of the molecule is CCCNC(=O)C(CC)N(Cc1c(Cl)cccc1Cl)C(=O)CN(c1ccccc1OCC)S(=O)(=O)c1ccc(C)cc1. The fraction of sp³-hybridized carbons (Fsp3) is 0.355. The van der Waals surface area contributed by atoms with Crippen LogP contribution in [0.5, 0.6) is 5.75 Å². The third kappa shape index (κ3) is 7.96. The molecule has 11 heteroatoms. The van der Waals surface area contributed by atoms with Gasteiger partial charge in [0.1, 0.15) is 18.3 Å². The number of hydrogen-bond donors (Lipinski definition) is 1. The summed E-state index contributed by atoms with van der Waals surface area (Å²) < 4.78 is 35.0. The van der Waals surface area contributed by atoms with Crippen molar-refractivity contribution in [1.29, 1.82) is 0 Å². The summed E-state index contributed by atoms with van der Waals surface area (Å²) in [6, 6.07) is 17.1. The molecule has 1 N–H and O–H groups in total. The molecule has 8 nitrogen and oxygen atoms in total. The lowest BCUT2D eigenvalue weighted by Gasteiger charge is -2.34. The van der Waals surface area contributed by atoms with Gasteiger partial charge in [-0.15, -0.1) is 0 Å². The van der Waals surface area contributed by atoms with Crippen molar-refractivity contribution in [2.45, 2.75) is 58.0 Å². The summed E-state index contributed by atoms with van der Waals surface area (Å²) in [6.45, 7) is 7.38. The van der Waals surface area contributed by atoms with Crippen LogP contribution in [0.1, 0.15) is 44.7 Å². The molecule has 2 amide bonds. The fourth-order valence-electron chi connectivity index (χ4n) is 4.43. The average molecular weight is 635 g/mol. The highest BCUT2D eigenvalue weighted by Gasteiger charge is 2.35. The highest BCUT2D eigenvalue weighted by Crippen LogP contribution is 2.33. The first-order chi connectivity index (χ1) is 20.0. The number of ether oxygens (including phenoxy) is 1. The number of carbonyl (C=O) groups excluding carboxylic acids is 2. The first-order valence-corrected chi connectivity index (χ1v) is 16.1. The lowest BCUT2D eigenvalue weighted by Crippen LogP contribution is -2.52. The highest BCUT2D eigenvalue weighted by molar-refractivity contribution is 7.92. The molecule has 0 aromatic heterocycles. The summed E-state index contributed by atoms with van der Waals surface area (Å²) in [5, 5.41) is 3.51. The number of benzene rings is 3. The highest BCUT2D eigenvalue weighted by atomic mass is 35.5. The first-order valence-electron chi connectivity index (χ1n) is 13.9. The van der Waals surface area contributed by atoms with E-state index in [1.165, 1.54) is 17.0 Å². The quantitative estimate of drug-likeness (QED) is 0.227. The van der Waals surface area contributed by atoms with Gasteiger partial charge in [-0.25, -0.2) is 8.42 Å². The molecule has 0 aliphatic rings. The zero-order valence-corrected chi connectivity index (χ0v) is 26.6. The predicted octanol–water partition coefficient (Wildman–Crippen LogP) is 6.23. The van der Waals surface area contributed by atoms with Crippen molar-refractivity contribution < 1.29 is 22.7 Å². The predicted molar refractivity (Wildman–Crippen MR) is 168 cm³/mol. The van der Waals surface area contributed by atoms with Crippen molar-refractivity contribution in [2.24, 2.45) is 0 Å². The molecule has 0 bridgehead atoms. The van der Waals surface area contributed by atoms with Gasteiger partial charge in [-0.3, -0.25) is 13.9 Å². The number of amides is 2. The molecule has 0 saturated carbocycles. The standard InChI is InChI=1S/C31H37Cl2N3O5S/c1-5-19-34-31(38)27(6-2)35(20-24-25(32)11-10-12-26(24)33)30(37)21-36(28-13-8-9-14-29(28)41-7-3)42(39,40)23-17-15-22(4)16-18-23/h8-18,27H,5-7,19-21H2,1-4H3,(H,34,38). The molecule has 3 aromatic carbocycles.